The molecule has 0 unspecified atom stereocenters. The SMILES string of the molecule is CC1=NC=C(Cc2cnn(CC(=O)Nc3ccc(-c4cnccn4)cn3)c2)C=CC1. The molecular weight excluding hydrogens is 378 g/mol. The van der Waals surface area contributed by atoms with Crippen LogP contribution in [-0.2, 0) is 17.8 Å². The van der Waals surface area contributed by atoms with Crippen LogP contribution in [0.2, 0.25) is 0 Å². The van der Waals surface area contributed by atoms with Crippen molar-refractivity contribution in [3.05, 3.63) is 78.8 Å². The number of aromatic nitrogens is 5. The van der Waals surface area contributed by atoms with E-state index in [1.165, 1.54) is 0 Å². The van der Waals surface area contributed by atoms with Crippen LogP contribution < -0.4 is 5.32 Å². The molecule has 1 amide bonds. The smallest absolute Gasteiger partial charge is 0.247 e. The molecule has 0 aliphatic carbocycles. The van der Waals surface area contributed by atoms with Gasteiger partial charge in [0.2, 0.25) is 5.91 Å². The van der Waals surface area contributed by atoms with Gasteiger partial charge in [-0.05, 0) is 30.2 Å². The van der Waals surface area contributed by atoms with Crippen molar-refractivity contribution in [2.24, 2.45) is 4.99 Å². The van der Waals surface area contributed by atoms with E-state index >= 15 is 0 Å². The molecule has 0 radical (unpaired) electrons. The predicted octanol–water partition coefficient (Wildman–Crippen LogP) is 3.22. The number of aliphatic imine (C=N–C) groups is 1. The molecule has 0 fully saturated rings. The lowest BCUT2D eigenvalue weighted by molar-refractivity contribution is -0.116. The molecule has 0 spiro atoms. The van der Waals surface area contributed by atoms with Crippen LogP contribution in [0.1, 0.15) is 18.9 Å². The Labute approximate surface area is 174 Å². The van der Waals surface area contributed by atoms with Crippen molar-refractivity contribution in [2.45, 2.75) is 26.3 Å². The molecule has 8 heteroatoms. The third-order valence-electron chi connectivity index (χ3n) is 4.49. The molecule has 4 heterocycles. The molecule has 1 aliphatic rings. The van der Waals surface area contributed by atoms with Gasteiger partial charge >= 0.3 is 0 Å². The molecule has 0 bridgehead atoms. The topological polar surface area (TPSA) is 98.0 Å². The van der Waals surface area contributed by atoms with Gasteiger partial charge in [-0.2, -0.15) is 5.10 Å². The minimum atomic E-state index is -0.196. The number of allylic oxidation sites excluding steroid dienone is 3. The fraction of sp³-hybridized carbons (Fsp3) is 0.182. The fourth-order valence-corrected chi connectivity index (χ4v) is 2.99. The van der Waals surface area contributed by atoms with Crippen LogP contribution >= 0.6 is 0 Å². The van der Waals surface area contributed by atoms with Crippen molar-refractivity contribution in [1.82, 2.24) is 24.7 Å². The minimum Gasteiger partial charge on any atom is -0.309 e. The van der Waals surface area contributed by atoms with Crippen LogP contribution in [-0.4, -0.2) is 36.4 Å². The maximum atomic E-state index is 12.3. The molecule has 8 nitrogen and oxygen atoms in total. The van der Waals surface area contributed by atoms with Gasteiger partial charge in [-0.15, -0.1) is 0 Å². The molecule has 1 aliphatic heterocycles. The first-order valence-electron chi connectivity index (χ1n) is 9.58. The average Bonchev–Trinajstić information content (AvgIpc) is 3.08. The minimum absolute atomic E-state index is 0.111. The molecule has 150 valence electrons. The monoisotopic (exact) mass is 399 g/mol. The lowest BCUT2D eigenvalue weighted by atomic mass is 10.1. The number of amides is 1. The summed E-state index contributed by atoms with van der Waals surface area (Å²) in [7, 11) is 0. The van der Waals surface area contributed by atoms with Crippen molar-refractivity contribution in [2.75, 3.05) is 5.32 Å². The Morgan fingerprint density at radius 2 is 2.10 bits per heavy atom. The maximum absolute atomic E-state index is 12.3. The van der Waals surface area contributed by atoms with E-state index in [0.29, 0.717) is 5.82 Å². The third kappa shape index (κ3) is 5.11. The number of hydrogen-bond donors (Lipinski definition) is 1. The zero-order chi connectivity index (χ0) is 20.8. The van der Waals surface area contributed by atoms with Crippen molar-refractivity contribution in [1.29, 1.82) is 0 Å². The maximum Gasteiger partial charge on any atom is 0.247 e. The summed E-state index contributed by atoms with van der Waals surface area (Å²) in [6.07, 6.45) is 17.9. The highest BCUT2D eigenvalue weighted by Gasteiger charge is 2.08. The molecule has 0 saturated heterocycles. The summed E-state index contributed by atoms with van der Waals surface area (Å²) in [5.41, 5.74) is 4.79. The first kappa shape index (κ1) is 19.4. The van der Waals surface area contributed by atoms with E-state index in [4.69, 9.17) is 0 Å². The number of nitrogens with zero attached hydrogens (tertiary/aromatic N) is 6. The number of carbonyl (C=O) groups excluding carboxylic acids is 1. The second-order valence-corrected chi connectivity index (χ2v) is 6.97. The van der Waals surface area contributed by atoms with Gasteiger partial charge in [0, 0.05) is 55.1 Å². The van der Waals surface area contributed by atoms with E-state index in [9.17, 15) is 4.79 Å². The average molecular weight is 399 g/mol. The second kappa shape index (κ2) is 9.04. The van der Waals surface area contributed by atoms with Crippen LogP contribution in [0.4, 0.5) is 5.82 Å². The molecule has 4 rings (SSSR count). The molecular formula is C22H21N7O. The highest BCUT2D eigenvalue weighted by Crippen LogP contribution is 2.16. The molecule has 0 saturated carbocycles. The number of hydrogen-bond acceptors (Lipinski definition) is 6. The highest BCUT2D eigenvalue weighted by molar-refractivity contribution is 5.89. The zero-order valence-electron chi connectivity index (χ0n) is 16.6. The molecule has 1 N–H and O–H groups in total. The number of pyridine rings is 1. The quantitative estimate of drug-likeness (QED) is 0.686. The summed E-state index contributed by atoms with van der Waals surface area (Å²) in [5.74, 6) is 0.278. The van der Waals surface area contributed by atoms with Crippen LogP contribution in [0.5, 0.6) is 0 Å². The lowest BCUT2D eigenvalue weighted by Gasteiger charge is -2.05. The molecule has 0 aromatic carbocycles. The van der Waals surface area contributed by atoms with Crippen LogP contribution in [0.3, 0.4) is 0 Å². The summed E-state index contributed by atoms with van der Waals surface area (Å²) < 4.78 is 1.62. The lowest BCUT2D eigenvalue weighted by Crippen LogP contribution is -2.19. The van der Waals surface area contributed by atoms with Gasteiger partial charge in [0.25, 0.3) is 0 Å². The standard InChI is InChI=1S/C22H21N7O/c1-16-3-2-4-17(10-25-16)9-18-11-27-29(14-18)15-22(30)28-21-6-5-19(12-26-21)20-13-23-7-8-24-20/h2,4-8,10-14H,3,9,15H2,1H3,(H,26,28,30). The van der Waals surface area contributed by atoms with E-state index in [2.05, 4.69) is 42.5 Å². The van der Waals surface area contributed by atoms with E-state index in [1.807, 2.05) is 25.4 Å². The Morgan fingerprint density at radius 1 is 1.17 bits per heavy atom. The molecule has 0 atom stereocenters. The fourth-order valence-electron chi connectivity index (χ4n) is 2.99. The summed E-state index contributed by atoms with van der Waals surface area (Å²) in [4.78, 5) is 29.3. The third-order valence-corrected chi connectivity index (χ3v) is 4.49. The number of nitrogens with one attached hydrogen (secondary N) is 1. The Kier molecular flexibility index (Phi) is 5.84. The van der Waals surface area contributed by atoms with Crippen LogP contribution in [0.15, 0.2) is 78.2 Å². The van der Waals surface area contributed by atoms with Gasteiger partial charge in [0.15, 0.2) is 0 Å². The summed E-state index contributed by atoms with van der Waals surface area (Å²) in [6, 6.07) is 3.58. The number of carbonyl (C=O) groups is 1. The van der Waals surface area contributed by atoms with E-state index in [1.54, 1.807) is 41.7 Å². The van der Waals surface area contributed by atoms with Crippen molar-refractivity contribution in [3.8, 4) is 11.3 Å². The molecule has 3 aromatic heterocycles. The van der Waals surface area contributed by atoms with E-state index in [0.717, 1.165) is 40.9 Å². The largest absolute Gasteiger partial charge is 0.309 e. The summed E-state index contributed by atoms with van der Waals surface area (Å²) >= 11 is 0. The molecule has 3 aromatic rings. The zero-order valence-corrected chi connectivity index (χ0v) is 16.6. The Morgan fingerprint density at radius 3 is 2.90 bits per heavy atom. The Balaban J connectivity index is 1.33. The van der Waals surface area contributed by atoms with Gasteiger partial charge in [-0.1, -0.05) is 12.2 Å². The van der Waals surface area contributed by atoms with Gasteiger partial charge in [0.05, 0.1) is 18.1 Å². The van der Waals surface area contributed by atoms with Gasteiger partial charge in [-0.3, -0.25) is 24.4 Å². The van der Waals surface area contributed by atoms with Gasteiger partial charge < -0.3 is 5.32 Å². The predicted molar refractivity (Wildman–Crippen MR) is 115 cm³/mol. The highest BCUT2D eigenvalue weighted by atomic mass is 16.2. The Bertz CT molecular complexity index is 1110. The molecule has 30 heavy (non-hydrogen) atoms. The second-order valence-electron chi connectivity index (χ2n) is 6.97. The normalized spacial score (nSPS) is 13.4. The first-order valence-corrected chi connectivity index (χ1v) is 9.58. The first-order chi connectivity index (χ1) is 14.7. The van der Waals surface area contributed by atoms with Crippen molar-refractivity contribution in [3.63, 3.8) is 0 Å². The van der Waals surface area contributed by atoms with E-state index < -0.39 is 0 Å². The van der Waals surface area contributed by atoms with Crippen molar-refractivity contribution < 1.29 is 4.79 Å². The summed E-state index contributed by atoms with van der Waals surface area (Å²) in [5, 5.41) is 7.07. The van der Waals surface area contributed by atoms with Crippen molar-refractivity contribution >= 4 is 17.4 Å². The van der Waals surface area contributed by atoms with E-state index in [-0.39, 0.29) is 12.5 Å². The van der Waals surface area contributed by atoms with Gasteiger partial charge in [-0.25, -0.2) is 4.98 Å². The van der Waals surface area contributed by atoms with Crippen LogP contribution in [0, 0.1) is 0 Å². The van der Waals surface area contributed by atoms with Crippen LogP contribution in [0.25, 0.3) is 11.3 Å². The number of anilines is 1. The number of rotatable bonds is 6. The van der Waals surface area contributed by atoms with Gasteiger partial charge in [0.1, 0.15) is 12.4 Å². The summed E-state index contributed by atoms with van der Waals surface area (Å²) in [6.45, 7) is 2.12. The Hall–Kier alpha value is -3.94.